The first kappa shape index (κ1) is 15.6. The van der Waals surface area contributed by atoms with Gasteiger partial charge >= 0.3 is 0 Å². The molecule has 108 valence electrons. The third-order valence-corrected chi connectivity index (χ3v) is 4.25. The highest BCUT2D eigenvalue weighted by molar-refractivity contribution is 7.10. The van der Waals surface area contributed by atoms with Crippen molar-refractivity contribution in [1.82, 2.24) is 5.32 Å². The molecule has 0 aliphatic rings. The van der Waals surface area contributed by atoms with Gasteiger partial charge in [-0.3, -0.25) is 4.79 Å². The van der Waals surface area contributed by atoms with Gasteiger partial charge in [0.25, 0.3) is 5.91 Å². The van der Waals surface area contributed by atoms with Gasteiger partial charge in [-0.05, 0) is 30.7 Å². The van der Waals surface area contributed by atoms with E-state index in [-0.39, 0.29) is 12.5 Å². The van der Waals surface area contributed by atoms with Crippen LogP contribution in [-0.2, 0) is 6.54 Å². The summed E-state index contributed by atoms with van der Waals surface area (Å²) in [6.07, 6.45) is 0. The van der Waals surface area contributed by atoms with Gasteiger partial charge in [-0.15, -0.1) is 11.3 Å². The van der Waals surface area contributed by atoms with Crippen LogP contribution >= 0.6 is 22.9 Å². The number of carbonyl (C=O) groups excluding carboxylic acids is 1. The van der Waals surface area contributed by atoms with Crippen molar-refractivity contribution in [2.24, 2.45) is 0 Å². The molecule has 2 rings (SSSR count). The minimum Gasteiger partial charge on any atom is -0.384 e. The zero-order chi connectivity index (χ0) is 15.2. The summed E-state index contributed by atoms with van der Waals surface area (Å²) in [5, 5.41) is 14.0. The summed E-state index contributed by atoms with van der Waals surface area (Å²) < 4.78 is 0. The number of halogens is 1. The Balaban J connectivity index is 2.01. The molecule has 0 unspecified atom stereocenters. The van der Waals surface area contributed by atoms with Gasteiger partial charge in [0, 0.05) is 26.4 Å². The number of aliphatic hydroxyl groups is 1. The van der Waals surface area contributed by atoms with Gasteiger partial charge in [-0.25, -0.2) is 0 Å². The summed E-state index contributed by atoms with van der Waals surface area (Å²) in [6.45, 7) is 2.11. The maximum absolute atomic E-state index is 12.1. The van der Waals surface area contributed by atoms with Crippen molar-refractivity contribution in [3.8, 4) is 11.8 Å². The van der Waals surface area contributed by atoms with E-state index >= 15 is 0 Å². The summed E-state index contributed by atoms with van der Waals surface area (Å²) in [5.74, 6) is 5.28. The first-order valence-electron chi connectivity index (χ1n) is 6.32. The fourth-order valence-corrected chi connectivity index (χ4v) is 2.73. The largest absolute Gasteiger partial charge is 0.384 e. The Bertz CT molecular complexity index is 713. The second-order valence-corrected chi connectivity index (χ2v) is 5.76. The van der Waals surface area contributed by atoms with Crippen LogP contribution in [0.3, 0.4) is 0 Å². The predicted octanol–water partition coefficient (Wildman–Crippen LogP) is 2.98. The summed E-state index contributed by atoms with van der Waals surface area (Å²) in [7, 11) is 0. The van der Waals surface area contributed by atoms with E-state index in [9.17, 15) is 4.79 Å². The lowest BCUT2D eigenvalue weighted by atomic mass is 10.1. The molecule has 0 spiro atoms. The molecule has 2 N–H and O–H groups in total. The van der Waals surface area contributed by atoms with E-state index in [2.05, 4.69) is 17.2 Å². The van der Waals surface area contributed by atoms with E-state index in [0.717, 1.165) is 16.0 Å². The molecule has 0 saturated heterocycles. The lowest BCUT2D eigenvalue weighted by molar-refractivity contribution is 0.0950. The normalized spacial score (nSPS) is 9.86. The fraction of sp³-hybridized carbons (Fsp3) is 0.188. The number of carbonyl (C=O) groups is 1. The summed E-state index contributed by atoms with van der Waals surface area (Å²) in [6, 6.07) is 7.18. The van der Waals surface area contributed by atoms with Crippen molar-refractivity contribution >= 4 is 28.8 Å². The lowest BCUT2D eigenvalue weighted by Crippen LogP contribution is -2.23. The molecule has 1 amide bonds. The van der Waals surface area contributed by atoms with E-state index in [4.69, 9.17) is 16.7 Å². The number of thiophene rings is 1. The molecule has 0 fully saturated rings. The Morgan fingerprint density at radius 1 is 1.48 bits per heavy atom. The van der Waals surface area contributed by atoms with E-state index in [1.54, 1.807) is 18.2 Å². The van der Waals surface area contributed by atoms with Gasteiger partial charge in [-0.2, -0.15) is 0 Å². The predicted molar refractivity (Wildman–Crippen MR) is 85.6 cm³/mol. The van der Waals surface area contributed by atoms with Crippen molar-refractivity contribution in [3.05, 3.63) is 56.2 Å². The van der Waals surface area contributed by atoms with Gasteiger partial charge in [0.15, 0.2) is 0 Å². The molecule has 2 aromatic rings. The molecular weight excluding hydrogens is 306 g/mol. The SMILES string of the molecule is Cc1c(Cl)cccc1C(=O)NCc1cc(C#CCO)cs1. The molecule has 0 aliphatic heterocycles. The standard InChI is InChI=1S/C16H14ClNO2S/c1-11-14(5-2-6-15(11)17)16(20)18-9-13-8-12(10-21-13)4-3-7-19/h2,5-6,8,10,19H,7,9H2,1H3,(H,18,20). The van der Waals surface area contributed by atoms with Crippen molar-refractivity contribution in [2.45, 2.75) is 13.5 Å². The average Bonchev–Trinajstić information content (AvgIpc) is 2.93. The number of rotatable bonds is 3. The second-order valence-electron chi connectivity index (χ2n) is 4.36. The highest BCUT2D eigenvalue weighted by atomic mass is 35.5. The van der Waals surface area contributed by atoms with Crippen LogP contribution in [0.15, 0.2) is 29.6 Å². The molecule has 1 aromatic heterocycles. The van der Waals surface area contributed by atoms with Crippen molar-refractivity contribution in [3.63, 3.8) is 0 Å². The first-order chi connectivity index (χ1) is 10.1. The van der Waals surface area contributed by atoms with Gasteiger partial charge in [0.05, 0.1) is 6.54 Å². The molecule has 0 atom stereocenters. The van der Waals surface area contributed by atoms with Crippen LogP contribution in [-0.4, -0.2) is 17.6 Å². The molecule has 0 bridgehead atoms. The molecular formula is C16H14ClNO2S. The van der Waals surface area contributed by atoms with Gasteiger partial charge in [0.2, 0.25) is 0 Å². The molecule has 5 heteroatoms. The zero-order valence-corrected chi connectivity index (χ0v) is 13.0. The monoisotopic (exact) mass is 319 g/mol. The summed E-state index contributed by atoms with van der Waals surface area (Å²) in [5.41, 5.74) is 2.20. The Hall–Kier alpha value is -1.80. The molecule has 21 heavy (non-hydrogen) atoms. The molecule has 1 heterocycles. The molecule has 0 radical (unpaired) electrons. The van der Waals surface area contributed by atoms with Gasteiger partial charge < -0.3 is 10.4 Å². The quantitative estimate of drug-likeness (QED) is 0.855. The Labute approximate surface area is 132 Å². The maximum atomic E-state index is 12.1. The average molecular weight is 320 g/mol. The first-order valence-corrected chi connectivity index (χ1v) is 7.58. The number of nitrogens with one attached hydrogen (secondary N) is 1. The molecule has 3 nitrogen and oxygen atoms in total. The minimum absolute atomic E-state index is 0.147. The van der Waals surface area contributed by atoms with E-state index < -0.39 is 0 Å². The topological polar surface area (TPSA) is 49.3 Å². The number of hydrogen-bond acceptors (Lipinski definition) is 3. The Morgan fingerprint density at radius 2 is 2.29 bits per heavy atom. The smallest absolute Gasteiger partial charge is 0.251 e. The summed E-state index contributed by atoms with van der Waals surface area (Å²) in [4.78, 5) is 13.1. The molecule has 0 aliphatic carbocycles. The van der Waals surface area contributed by atoms with Crippen LogP contribution in [0.5, 0.6) is 0 Å². The Morgan fingerprint density at radius 3 is 3.05 bits per heavy atom. The van der Waals surface area contributed by atoms with Crippen LogP contribution < -0.4 is 5.32 Å². The maximum Gasteiger partial charge on any atom is 0.251 e. The zero-order valence-electron chi connectivity index (χ0n) is 11.4. The highest BCUT2D eigenvalue weighted by Crippen LogP contribution is 2.19. The van der Waals surface area contributed by atoms with Crippen LogP contribution in [0.25, 0.3) is 0 Å². The van der Waals surface area contributed by atoms with Gasteiger partial charge in [-0.1, -0.05) is 29.5 Å². The van der Waals surface area contributed by atoms with Crippen LogP contribution in [0, 0.1) is 18.8 Å². The third kappa shape index (κ3) is 4.08. The van der Waals surface area contributed by atoms with E-state index in [1.807, 2.05) is 18.4 Å². The van der Waals surface area contributed by atoms with Crippen LogP contribution in [0.1, 0.15) is 26.4 Å². The minimum atomic E-state index is -0.157. The van der Waals surface area contributed by atoms with Crippen LogP contribution in [0.2, 0.25) is 5.02 Å². The Kier molecular flexibility index (Phi) is 5.40. The number of aliphatic hydroxyl groups excluding tert-OH is 1. The van der Waals surface area contributed by atoms with E-state index in [0.29, 0.717) is 17.1 Å². The van der Waals surface area contributed by atoms with Crippen LogP contribution in [0.4, 0.5) is 0 Å². The summed E-state index contributed by atoms with van der Waals surface area (Å²) >= 11 is 7.53. The number of benzene rings is 1. The van der Waals surface area contributed by atoms with Gasteiger partial charge in [0.1, 0.15) is 6.61 Å². The third-order valence-electron chi connectivity index (χ3n) is 2.90. The van der Waals surface area contributed by atoms with Crippen molar-refractivity contribution in [1.29, 1.82) is 0 Å². The van der Waals surface area contributed by atoms with E-state index in [1.165, 1.54) is 11.3 Å². The lowest BCUT2D eigenvalue weighted by Gasteiger charge is -2.07. The fourth-order valence-electron chi connectivity index (χ4n) is 1.80. The number of hydrogen-bond donors (Lipinski definition) is 2. The second kappa shape index (κ2) is 7.28. The molecule has 0 saturated carbocycles. The van der Waals surface area contributed by atoms with Crippen molar-refractivity contribution < 1.29 is 9.90 Å². The molecule has 1 aromatic carbocycles. The number of amides is 1. The van der Waals surface area contributed by atoms with Crippen molar-refractivity contribution in [2.75, 3.05) is 6.61 Å². The highest BCUT2D eigenvalue weighted by Gasteiger charge is 2.10.